The van der Waals surface area contributed by atoms with Gasteiger partial charge in [0.15, 0.2) is 0 Å². The van der Waals surface area contributed by atoms with E-state index in [1.54, 1.807) is 36.4 Å². The fraction of sp³-hybridized carbons (Fsp3) is 0.133. The van der Waals surface area contributed by atoms with E-state index >= 15 is 0 Å². The van der Waals surface area contributed by atoms with Gasteiger partial charge in [0.05, 0.1) is 6.61 Å². The highest BCUT2D eigenvalue weighted by Gasteiger charge is 2.11. The number of carboxylic acids is 1. The van der Waals surface area contributed by atoms with E-state index in [1.807, 2.05) is 22.6 Å². The summed E-state index contributed by atoms with van der Waals surface area (Å²) in [5.41, 5.74) is 0.137. The molecule has 0 aliphatic rings. The molecule has 0 aromatic heterocycles. The first-order valence-electron chi connectivity index (χ1n) is 6.11. The fourth-order valence-electron chi connectivity index (χ4n) is 1.66. The van der Waals surface area contributed by atoms with Crippen molar-refractivity contribution in [3.63, 3.8) is 0 Å². The van der Waals surface area contributed by atoms with Gasteiger partial charge in [0.25, 0.3) is 0 Å². The van der Waals surface area contributed by atoms with Crippen LogP contribution in [0.25, 0.3) is 0 Å². The zero-order chi connectivity index (χ0) is 15.2. The normalized spacial score (nSPS) is 10.4. The molecule has 0 bridgehead atoms. The highest BCUT2D eigenvalue weighted by molar-refractivity contribution is 14.1. The molecule has 0 heterocycles. The van der Waals surface area contributed by atoms with Crippen LogP contribution >= 0.6 is 34.4 Å². The molecule has 0 atom stereocenters. The van der Waals surface area contributed by atoms with Gasteiger partial charge in [-0.25, -0.2) is 9.18 Å². The van der Waals surface area contributed by atoms with Crippen molar-refractivity contribution in [2.24, 2.45) is 0 Å². The molecule has 21 heavy (non-hydrogen) atoms. The van der Waals surface area contributed by atoms with Crippen molar-refractivity contribution in [2.75, 3.05) is 12.4 Å². The first kappa shape index (κ1) is 16.1. The van der Waals surface area contributed by atoms with Gasteiger partial charge in [-0.2, -0.15) is 0 Å². The summed E-state index contributed by atoms with van der Waals surface area (Å²) in [6, 6.07) is 11.5. The first-order valence-corrected chi connectivity index (χ1v) is 8.17. The Morgan fingerprint density at radius 3 is 2.76 bits per heavy atom. The Labute approximate surface area is 139 Å². The molecule has 0 saturated carbocycles. The van der Waals surface area contributed by atoms with Crippen molar-refractivity contribution in [2.45, 2.75) is 4.90 Å². The Balaban J connectivity index is 1.92. The summed E-state index contributed by atoms with van der Waals surface area (Å²) >= 11 is 3.38. The highest BCUT2D eigenvalue weighted by Crippen LogP contribution is 2.23. The van der Waals surface area contributed by atoms with Crippen molar-refractivity contribution >= 4 is 40.3 Å². The molecule has 1 N–H and O–H groups in total. The SMILES string of the molecule is O=C(O)c1cc(I)ccc1OCCSc1ccccc1F. The molecule has 6 heteroatoms. The number of thioether (sulfide) groups is 1. The maximum atomic E-state index is 13.4. The Morgan fingerprint density at radius 2 is 2.05 bits per heavy atom. The largest absolute Gasteiger partial charge is 0.492 e. The molecule has 2 aromatic carbocycles. The third-order valence-electron chi connectivity index (χ3n) is 2.61. The molecule has 0 aliphatic carbocycles. The summed E-state index contributed by atoms with van der Waals surface area (Å²) < 4.78 is 19.7. The van der Waals surface area contributed by atoms with Crippen LogP contribution < -0.4 is 4.74 Å². The molecular weight excluding hydrogens is 406 g/mol. The van der Waals surface area contributed by atoms with Crippen LogP contribution in [0.5, 0.6) is 5.75 Å². The van der Waals surface area contributed by atoms with Gasteiger partial charge >= 0.3 is 5.97 Å². The van der Waals surface area contributed by atoms with Gasteiger partial charge in [0.1, 0.15) is 17.1 Å². The predicted molar refractivity (Wildman–Crippen MR) is 88.7 cm³/mol. The molecule has 0 radical (unpaired) electrons. The van der Waals surface area contributed by atoms with E-state index in [1.165, 1.54) is 17.8 Å². The van der Waals surface area contributed by atoms with Crippen molar-refractivity contribution < 1.29 is 19.0 Å². The second-order valence-electron chi connectivity index (χ2n) is 4.07. The quantitative estimate of drug-likeness (QED) is 0.432. The molecule has 0 unspecified atom stereocenters. The van der Waals surface area contributed by atoms with Gasteiger partial charge in [0.2, 0.25) is 0 Å². The maximum absolute atomic E-state index is 13.4. The lowest BCUT2D eigenvalue weighted by Crippen LogP contribution is -2.06. The van der Waals surface area contributed by atoms with Crippen molar-refractivity contribution in [3.05, 3.63) is 57.4 Å². The average Bonchev–Trinajstić information content (AvgIpc) is 2.46. The summed E-state index contributed by atoms with van der Waals surface area (Å²) in [6.07, 6.45) is 0. The van der Waals surface area contributed by atoms with Crippen LogP contribution in [0.2, 0.25) is 0 Å². The predicted octanol–water partition coefficient (Wildman–Crippen LogP) is 4.30. The number of benzene rings is 2. The third-order valence-corrected chi connectivity index (χ3v) is 4.29. The van der Waals surface area contributed by atoms with Gasteiger partial charge < -0.3 is 9.84 Å². The van der Waals surface area contributed by atoms with Crippen LogP contribution in [-0.2, 0) is 0 Å². The minimum absolute atomic E-state index is 0.137. The number of carboxylic acid groups (broad SMARTS) is 1. The molecule has 3 nitrogen and oxygen atoms in total. The number of aromatic carboxylic acids is 1. The van der Waals surface area contributed by atoms with E-state index in [9.17, 15) is 9.18 Å². The van der Waals surface area contributed by atoms with E-state index in [0.29, 0.717) is 23.0 Å². The molecule has 2 rings (SSSR count). The lowest BCUT2D eigenvalue weighted by Gasteiger charge is -2.09. The molecule has 2 aromatic rings. The van der Waals surface area contributed by atoms with Crippen LogP contribution in [0.3, 0.4) is 0 Å². The van der Waals surface area contributed by atoms with Crippen LogP contribution in [0.4, 0.5) is 4.39 Å². The minimum atomic E-state index is -1.02. The van der Waals surface area contributed by atoms with Gasteiger partial charge in [0, 0.05) is 14.2 Å². The molecule has 0 aliphatic heterocycles. The molecule has 0 amide bonds. The van der Waals surface area contributed by atoms with Crippen molar-refractivity contribution in [3.8, 4) is 5.75 Å². The number of halogens is 2. The topological polar surface area (TPSA) is 46.5 Å². The second kappa shape index (κ2) is 7.65. The smallest absolute Gasteiger partial charge is 0.339 e. The number of ether oxygens (including phenoxy) is 1. The van der Waals surface area contributed by atoms with E-state index < -0.39 is 5.97 Å². The number of rotatable bonds is 6. The lowest BCUT2D eigenvalue weighted by molar-refractivity contribution is 0.0692. The second-order valence-corrected chi connectivity index (χ2v) is 6.46. The van der Waals surface area contributed by atoms with Gasteiger partial charge in [-0.1, -0.05) is 12.1 Å². The number of hydrogen-bond donors (Lipinski definition) is 1. The van der Waals surface area contributed by atoms with Crippen LogP contribution in [0.15, 0.2) is 47.4 Å². The van der Waals surface area contributed by atoms with Gasteiger partial charge in [-0.05, 0) is 52.9 Å². The Kier molecular flexibility index (Phi) is 5.86. The molecule has 0 fully saturated rings. The first-order chi connectivity index (χ1) is 10.1. The maximum Gasteiger partial charge on any atom is 0.339 e. The van der Waals surface area contributed by atoms with Crippen molar-refractivity contribution in [1.29, 1.82) is 0 Å². The minimum Gasteiger partial charge on any atom is -0.492 e. The molecule has 0 saturated heterocycles. The van der Waals surface area contributed by atoms with Crippen LogP contribution in [0.1, 0.15) is 10.4 Å². The lowest BCUT2D eigenvalue weighted by atomic mass is 10.2. The molecular formula is C15H12FIO3S. The zero-order valence-corrected chi connectivity index (χ0v) is 13.9. The summed E-state index contributed by atoms with van der Waals surface area (Å²) in [4.78, 5) is 11.7. The number of carbonyl (C=O) groups is 1. The standard InChI is InChI=1S/C15H12FIO3S/c16-12-3-1-2-4-14(12)21-8-7-20-13-6-5-10(17)9-11(13)15(18)19/h1-6,9H,7-8H2,(H,18,19). The van der Waals surface area contributed by atoms with Crippen LogP contribution in [0, 0.1) is 9.39 Å². The number of hydrogen-bond acceptors (Lipinski definition) is 3. The fourth-order valence-corrected chi connectivity index (χ4v) is 2.92. The van der Waals surface area contributed by atoms with Gasteiger partial charge in [-0.3, -0.25) is 0 Å². The summed E-state index contributed by atoms with van der Waals surface area (Å²) in [6.45, 7) is 0.305. The summed E-state index contributed by atoms with van der Waals surface area (Å²) in [7, 11) is 0. The molecule has 110 valence electrons. The van der Waals surface area contributed by atoms with Gasteiger partial charge in [-0.15, -0.1) is 11.8 Å². The zero-order valence-electron chi connectivity index (χ0n) is 10.9. The summed E-state index contributed by atoms with van der Waals surface area (Å²) in [5.74, 6) is -0.420. The van der Waals surface area contributed by atoms with E-state index in [0.717, 1.165) is 3.57 Å². The van der Waals surface area contributed by atoms with E-state index in [2.05, 4.69) is 0 Å². The van der Waals surface area contributed by atoms with E-state index in [-0.39, 0.29) is 11.4 Å². The Morgan fingerprint density at radius 1 is 1.29 bits per heavy atom. The average molecular weight is 418 g/mol. The third kappa shape index (κ3) is 4.60. The monoisotopic (exact) mass is 418 g/mol. The Bertz CT molecular complexity index is 649. The van der Waals surface area contributed by atoms with E-state index in [4.69, 9.17) is 9.84 Å². The summed E-state index contributed by atoms with van der Waals surface area (Å²) in [5, 5.41) is 9.12. The van der Waals surface area contributed by atoms with Crippen molar-refractivity contribution in [1.82, 2.24) is 0 Å². The highest BCUT2D eigenvalue weighted by atomic mass is 127. The Hall–Kier alpha value is -1.28. The van der Waals surface area contributed by atoms with Crippen LogP contribution in [-0.4, -0.2) is 23.4 Å². The molecule has 0 spiro atoms.